The molecule has 4 aromatic rings. The van der Waals surface area contributed by atoms with Gasteiger partial charge in [-0.3, -0.25) is 4.68 Å². The second-order valence-electron chi connectivity index (χ2n) is 6.84. The van der Waals surface area contributed by atoms with E-state index in [0.29, 0.717) is 6.04 Å². The van der Waals surface area contributed by atoms with Crippen LogP contribution in [0.5, 0.6) is 0 Å². The van der Waals surface area contributed by atoms with Crippen LogP contribution in [0.25, 0.3) is 28.4 Å². The Balaban J connectivity index is 1.55. The molecule has 0 saturated heterocycles. The van der Waals surface area contributed by atoms with Gasteiger partial charge in [-0.15, -0.1) is 0 Å². The molecule has 0 spiro atoms. The van der Waals surface area contributed by atoms with E-state index in [4.69, 9.17) is 15.2 Å². The van der Waals surface area contributed by atoms with Crippen molar-refractivity contribution in [2.75, 3.05) is 0 Å². The van der Waals surface area contributed by atoms with E-state index < -0.39 is 0 Å². The highest BCUT2D eigenvalue weighted by atomic mass is 15.3. The molecule has 124 valence electrons. The topological polar surface area (TPSA) is 65.8 Å². The third kappa shape index (κ3) is 1.98. The Labute approximate surface area is 143 Å². The SMILES string of the molecule is c1cn2nc(-c3c(-c4ccn(C5CC5)n4)nc4n3CCC4)ccc2n1. The Hall–Kier alpha value is -2.96. The van der Waals surface area contributed by atoms with Gasteiger partial charge < -0.3 is 4.57 Å². The van der Waals surface area contributed by atoms with Gasteiger partial charge in [0.25, 0.3) is 0 Å². The van der Waals surface area contributed by atoms with E-state index in [9.17, 15) is 0 Å². The van der Waals surface area contributed by atoms with Crippen LogP contribution in [0.4, 0.5) is 0 Å². The predicted octanol–water partition coefficient (Wildman–Crippen LogP) is 2.74. The summed E-state index contributed by atoms with van der Waals surface area (Å²) in [6, 6.07) is 6.69. The van der Waals surface area contributed by atoms with E-state index in [2.05, 4.69) is 26.5 Å². The Bertz CT molecular complexity index is 1100. The smallest absolute Gasteiger partial charge is 0.153 e. The van der Waals surface area contributed by atoms with E-state index in [0.717, 1.165) is 53.6 Å². The summed E-state index contributed by atoms with van der Waals surface area (Å²) in [6.07, 6.45) is 10.3. The number of hydrogen-bond acceptors (Lipinski definition) is 4. The molecule has 1 saturated carbocycles. The van der Waals surface area contributed by atoms with E-state index in [1.165, 1.54) is 12.8 Å². The van der Waals surface area contributed by atoms with Gasteiger partial charge in [0.1, 0.15) is 22.9 Å². The maximum atomic E-state index is 4.92. The van der Waals surface area contributed by atoms with Crippen LogP contribution in [0, 0.1) is 0 Å². The summed E-state index contributed by atoms with van der Waals surface area (Å²) >= 11 is 0. The van der Waals surface area contributed by atoms with E-state index in [1.54, 1.807) is 6.20 Å². The predicted molar refractivity (Wildman–Crippen MR) is 92.0 cm³/mol. The highest BCUT2D eigenvalue weighted by Crippen LogP contribution is 2.37. The molecule has 0 bridgehead atoms. The Morgan fingerprint density at radius 2 is 1.96 bits per heavy atom. The van der Waals surface area contributed by atoms with E-state index in [-0.39, 0.29) is 0 Å². The lowest BCUT2D eigenvalue weighted by molar-refractivity contribution is 0.643. The number of aromatic nitrogens is 7. The van der Waals surface area contributed by atoms with Crippen molar-refractivity contribution >= 4 is 5.65 Å². The fourth-order valence-electron chi connectivity index (χ4n) is 3.71. The van der Waals surface area contributed by atoms with Crippen molar-refractivity contribution in [3.8, 4) is 22.8 Å². The first-order valence-corrected chi connectivity index (χ1v) is 8.82. The third-order valence-electron chi connectivity index (χ3n) is 5.10. The second kappa shape index (κ2) is 4.78. The Morgan fingerprint density at radius 3 is 2.88 bits per heavy atom. The molecule has 7 heteroatoms. The molecule has 0 atom stereocenters. The summed E-state index contributed by atoms with van der Waals surface area (Å²) in [5.74, 6) is 1.14. The van der Waals surface area contributed by atoms with Crippen molar-refractivity contribution in [1.82, 2.24) is 33.9 Å². The zero-order valence-corrected chi connectivity index (χ0v) is 13.7. The maximum Gasteiger partial charge on any atom is 0.153 e. The fraction of sp³-hybridized carbons (Fsp3) is 0.333. The van der Waals surface area contributed by atoms with Gasteiger partial charge in [0, 0.05) is 31.6 Å². The van der Waals surface area contributed by atoms with E-state index >= 15 is 0 Å². The Morgan fingerprint density at radius 1 is 1.00 bits per heavy atom. The zero-order chi connectivity index (χ0) is 16.4. The lowest BCUT2D eigenvalue weighted by Crippen LogP contribution is -2.01. The molecule has 0 N–H and O–H groups in total. The van der Waals surface area contributed by atoms with Crippen LogP contribution >= 0.6 is 0 Å². The van der Waals surface area contributed by atoms with Crippen molar-refractivity contribution < 1.29 is 0 Å². The number of nitrogens with zero attached hydrogens (tertiary/aromatic N) is 7. The van der Waals surface area contributed by atoms with Crippen LogP contribution in [0.15, 0.2) is 36.8 Å². The molecular weight excluding hydrogens is 314 g/mol. The van der Waals surface area contributed by atoms with Gasteiger partial charge >= 0.3 is 0 Å². The summed E-state index contributed by atoms with van der Waals surface area (Å²) in [5, 5.41) is 9.54. The number of hydrogen-bond donors (Lipinski definition) is 0. The molecular formula is C18H17N7. The van der Waals surface area contributed by atoms with Gasteiger partial charge in [-0.1, -0.05) is 0 Å². The summed E-state index contributed by atoms with van der Waals surface area (Å²) in [4.78, 5) is 9.21. The number of imidazole rings is 2. The minimum absolute atomic E-state index is 0.576. The maximum absolute atomic E-state index is 4.92. The zero-order valence-electron chi connectivity index (χ0n) is 13.7. The second-order valence-corrected chi connectivity index (χ2v) is 6.84. The normalized spacial score (nSPS) is 16.6. The lowest BCUT2D eigenvalue weighted by atomic mass is 10.2. The first-order chi connectivity index (χ1) is 12.4. The molecule has 0 amide bonds. The van der Waals surface area contributed by atoms with Gasteiger partial charge in [-0.2, -0.15) is 10.2 Å². The quantitative estimate of drug-likeness (QED) is 0.579. The number of rotatable bonds is 3. The minimum atomic E-state index is 0.576. The van der Waals surface area contributed by atoms with Gasteiger partial charge in [-0.05, 0) is 37.5 Å². The minimum Gasteiger partial charge on any atom is -0.326 e. The average Bonchev–Trinajstić information content (AvgIpc) is 3.04. The van der Waals surface area contributed by atoms with Crippen LogP contribution in [-0.2, 0) is 13.0 Å². The van der Waals surface area contributed by atoms with Crippen molar-refractivity contribution in [2.24, 2.45) is 0 Å². The summed E-state index contributed by atoms with van der Waals surface area (Å²) < 4.78 is 6.20. The molecule has 0 aromatic carbocycles. The van der Waals surface area contributed by atoms with Crippen molar-refractivity contribution in [3.63, 3.8) is 0 Å². The third-order valence-corrected chi connectivity index (χ3v) is 5.10. The summed E-state index contributed by atoms with van der Waals surface area (Å²) in [5.41, 5.74) is 4.73. The molecule has 0 radical (unpaired) electrons. The lowest BCUT2D eigenvalue weighted by Gasteiger charge is -2.07. The van der Waals surface area contributed by atoms with Crippen LogP contribution in [0.2, 0.25) is 0 Å². The first kappa shape index (κ1) is 13.3. The van der Waals surface area contributed by atoms with Crippen LogP contribution in [0.1, 0.15) is 31.1 Å². The van der Waals surface area contributed by atoms with Crippen LogP contribution < -0.4 is 0 Å². The molecule has 7 nitrogen and oxygen atoms in total. The average molecular weight is 331 g/mol. The van der Waals surface area contributed by atoms with Gasteiger partial charge in [0.15, 0.2) is 5.65 Å². The first-order valence-electron chi connectivity index (χ1n) is 8.82. The molecule has 4 aromatic heterocycles. The monoisotopic (exact) mass is 331 g/mol. The number of fused-ring (bicyclic) bond motifs is 2. The highest BCUT2D eigenvalue weighted by molar-refractivity contribution is 5.75. The molecule has 25 heavy (non-hydrogen) atoms. The largest absolute Gasteiger partial charge is 0.326 e. The van der Waals surface area contributed by atoms with Crippen LogP contribution in [-0.4, -0.2) is 33.9 Å². The van der Waals surface area contributed by atoms with Gasteiger partial charge in [-0.25, -0.2) is 14.5 Å². The fourth-order valence-corrected chi connectivity index (χ4v) is 3.71. The van der Waals surface area contributed by atoms with Crippen molar-refractivity contribution in [3.05, 3.63) is 42.6 Å². The van der Waals surface area contributed by atoms with Gasteiger partial charge in [0.05, 0.1) is 11.7 Å². The molecule has 0 unspecified atom stereocenters. The van der Waals surface area contributed by atoms with E-state index in [1.807, 2.05) is 22.8 Å². The molecule has 1 fully saturated rings. The number of aryl methyl sites for hydroxylation is 1. The van der Waals surface area contributed by atoms with Crippen molar-refractivity contribution in [2.45, 2.75) is 38.3 Å². The van der Waals surface area contributed by atoms with Crippen molar-refractivity contribution in [1.29, 1.82) is 0 Å². The molecule has 2 aliphatic rings. The van der Waals surface area contributed by atoms with Gasteiger partial charge in [0.2, 0.25) is 0 Å². The molecule has 1 aliphatic heterocycles. The summed E-state index contributed by atoms with van der Waals surface area (Å²) in [6.45, 7) is 0.991. The molecule has 5 heterocycles. The van der Waals surface area contributed by atoms with Crippen LogP contribution in [0.3, 0.4) is 0 Å². The Kier molecular flexibility index (Phi) is 2.55. The summed E-state index contributed by atoms with van der Waals surface area (Å²) in [7, 11) is 0. The highest BCUT2D eigenvalue weighted by Gasteiger charge is 2.28. The standard InChI is InChI=1S/C18H17N7/c1-2-16-20-17(13-7-10-24(21-13)12-3-4-12)18(23(16)9-1)14-5-6-15-19-8-11-25(15)22-14/h5-8,10-12H,1-4,9H2. The molecule has 6 rings (SSSR count). The molecule has 1 aliphatic carbocycles.